The van der Waals surface area contributed by atoms with E-state index in [1.807, 2.05) is 20.8 Å². The van der Waals surface area contributed by atoms with Crippen LogP contribution in [0.3, 0.4) is 0 Å². The van der Waals surface area contributed by atoms with Gasteiger partial charge in [0.15, 0.2) is 6.29 Å². The molecule has 0 amide bonds. The van der Waals surface area contributed by atoms with Gasteiger partial charge in [-0.3, -0.25) is 0 Å². The second-order valence-electron chi connectivity index (χ2n) is 8.60. The van der Waals surface area contributed by atoms with Crippen molar-refractivity contribution in [2.24, 2.45) is 11.3 Å². The highest BCUT2D eigenvalue weighted by atomic mass is 16.7. The number of hydrogen-bond donors (Lipinski definition) is 6. The van der Waals surface area contributed by atoms with Crippen molar-refractivity contribution in [1.82, 2.24) is 0 Å². The Morgan fingerprint density at radius 3 is 2.33 bits per heavy atom. The number of rotatable bonds is 5. The standard InChI is InChI=1S/C19H34O8/c1-10-7-12(21)8-18(3,4)19(10,25)6-5-11(2)26-17-16(24)15(23)14(22)13(9-20)27-17/h5-6,10-17,20-25H,7-9H2,1-4H3/t10-,11-,12+,13-,14-,15+,16-,17-,19-/m1/s1. The van der Waals surface area contributed by atoms with E-state index in [0.717, 1.165) is 0 Å². The zero-order chi connectivity index (χ0) is 20.6. The third-order valence-corrected chi connectivity index (χ3v) is 6.03. The first-order valence-corrected chi connectivity index (χ1v) is 9.48. The highest BCUT2D eigenvalue weighted by Crippen LogP contribution is 2.48. The molecular formula is C19H34O8. The second kappa shape index (κ2) is 8.42. The fraction of sp³-hybridized carbons (Fsp3) is 0.895. The Kier molecular flexibility index (Phi) is 7.08. The van der Waals surface area contributed by atoms with Crippen LogP contribution in [-0.4, -0.2) is 85.8 Å². The van der Waals surface area contributed by atoms with Gasteiger partial charge in [0.2, 0.25) is 0 Å². The summed E-state index contributed by atoms with van der Waals surface area (Å²) in [6, 6.07) is 0. The molecule has 6 N–H and O–H groups in total. The van der Waals surface area contributed by atoms with Crippen molar-refractivity contribution in [3.05, 3.63) is 12.2 Å². The summed E-state index contributed by atoms with van der Waals surface area (Å²) in [7, 11) is 0. The van der Waals surface area contributed by atoms with Gasteiger partial charge in [0.1, 0.15) is 24.4 Å². The number of ether oxygens (including phenoxy) is 2. The molecule has 158 valence electrons. The van der Waals surface area contributed by atoms with Crippen molar-refractivity contribution in [2.45, 2.75) is 89.1 Å². The normalized spacial score (nSPS) is 46.5. The van der Waals surface area contributed by atoms with Gasteiger partial charge in [0.05, 0.1) is 24.4 Å². The Hall–Kier alpha value is -0.580. The smallest absolute Gasteiger partial charge is 0.187 e. The van der Waals surface area contributed by atoms with Crippen molar-refractivity contribution >= 4 is 0 Å². The Balaban J connectivity index is 2.07. The van der Waals surface area contributed by atoms with Crippen LogP contribution in [0.1, 0.15) is 40.5 Å². The molecule has 0 aromatic heterocycles. The summed E-state index contributed by atoms with van der Waals surface area (Å²) >= 11 is 0. The molecular weight excluding hydrogens is 356 g/mol. The highest BCUT2D eigenvalue weighted by molar-refractivity contribution is 5.15. The maximum atomic E-state index is 11.2. The van der Waals surface area contributed by atoms with E-state index in [0.29, 0.717) is 12.8 Å². The quantitative estimate of drug-likeness (QED) is 0.339. The summed E-state index contributed by atoms with van der Waals surface area (Å²) < 4.78 is 10.9. The molecule has 0 unspecified atom stereocenters. The van der Waals surface area contributed by atoms with Crippen LogP contribution in [0.5, 0.6) is 0 Å². The maximum Gasteiger partial charge on any atom is 0.187 e. The van der Waals surface area contributed by atoms with Gasteiger partial charge in [-0.1, -0.05) is 32.9 Å². The average Bonchev–Trinajstić information content (AvgIpc) is 2.58. The minimum Gasteiger partial charge on any atom is -0.394 e. The van der Waals surface area contributed by atoms with E-state index in [9.17, 15) is 30.6 Å². The topological polar surface area (TPSA) is 140 Å². The van der Waals surface area contributed by atoms with Gasteiger partial charge in [0.25, 0.3) is 0 Å². The fourth-order valence-corrected chi connectivity index (χ4v) is 4.20. The van der Waals surface area contributed by atoms with Crippen LogP contribution in [0.2, 0.25) is 0 Å². The highest BCUT2D eigenvalue weighted by Gasteiger charge is 2.50. The van der Waals surface area contributed by atoms with Crippen molar-refractivity contribution in [1.29, 1.82) is 0 Å². The van der Waals surface area contributed by atoms with Crippen molar-refractivity contribution in [2.75, 3.05) is 6.61 Å². The molecule has 0 aromatic carbocycles. The number of hydrogen-bond acceptors (Lipinski definition) is 8. The molecule has 2 aliphatic rings. The lowest BCUT2D eigenvalue weighted by Crippen LogP contribution is -2.59. The van der Waals surface area contributed by atoms with Crippen LogP contribution < -0.4 is 0 Å². The molecule has 1 aliphatic carbocycles. The lowest BCUT2D eigenvalue weighted by atomic mass is 9.60. The van der Waals surface area contributed by atoms with E-state index in [2.05, 4.69) is 0 Å². The molecule has 0 spiro atoms. The first kappa shape index (κ1) is 22.7. The second-order valence-corrected chi connectivity index (χ2v) is 8.60. The van der Waals surface area contributed by atoms with E-state index in [1.165, 1.54) is 0 Å². The van der Waals surface area contributed by atoms with E-state index >= 15 is 0 Å². The van der Waals surface area contributed by atoms with E-state index in [-0.39, 0.29) is 5.92 Å². The third-order valence-electron chi connectivity index (χ3n) is 6.03. The minimum absolute atomic E-state index is 0.160. The first-order chi connectivity index (χ1) is 12.4. The largest absolute Gasteiger partial charge is 0.394 e. The van der Waals surface area contributed by atoms with Crippen LogP contribution in [0, 0.1) is 11.3 Å². The molecule has 2 fully saturated rings. The number of aliphatic hydroxyl groups excluding tert-OH is 5. The Morgan fingerprint density at radius 1 is 1.15 bits per heavy atom. The van der Waals surface area contributed by atoms with E-state index in [1.54, 1.807) is 19.1 Å². The molecule has 1 saturated carbocycles. The average molecular weight is 390 g/mol. The fourth-order valence-electron chi connectivity index (χ4n) is 4.20. The molecule has 8 heteroatoms. The molecule has 1 heterocycles. The molecule has 9 atom stereocenters. The van der Waals surface area contributed by atoms with Gasteiger partial charge in [-0.05, 0) is 31.1 Å². The van der Waals surface area contributed by atoms with Gasteiger partial charge in [-0.2, -0.15) is 0 Å². The zero-order valence-electron chi connectivity index (χ0n) is 16.4. The van der Waals surface area contributed by atoms with Gasteiger partial charge >= 0.3 is 0 Å². The Morgan fingerprint density at radius 2 is 1.78 bits per heavy atom. The minimum atomic E-state index is -1.50. The van der Waals surface area contributed by atoms with E-state index in [4.69, 9.17) is 9.47 Å². The molecule has 1 saturated heterocycles. The molecule has 27 heavy (non-hydrogen) atoms. The summed E-state index contributed by atoms with van der Waals surface area (Å²) in [5.41, 5.74) is -1.68. The summed E-state index contributed by atoms with van der Waals surface area (Å²) in [4.78, 5) is 0. The Labute approximate surface area is 160 Å². The first-order valence-electron chi connectivity index (χ1n) is 9.48. The Bertz CT molecular complexity index is 522. The SMILES string of the molecule is C[C@H](C=C[C@@]1(O)[C@H](C)C[C@H](O)CC1(C)C)O[C@@H]1O[C@H](CO)[C@@H](O)[C@H](O)[C@H]1O. The molecule has 0 aromatic rings. The molecule has 8 nitrogen and oxygen atoms in total. The molecule has 1 aliphatic heterocycles. The predicted molar refractivity (Wildman–Crippen MR) is 96.6 cm³/mol. The lowest BCUT2D eigenvalue weighted by molar-refractivity contribution is -0.306. The van der Waals surface area contributed by atoms with Crippen LogP contribution >= 0.6 is 0 Å². The summed E-state index contributed by atoms with van der Waals surface area (Å²) in [6.45, 7) is 6.86. The van der Waals surface area contributed by atoms with Crippen molar-refractivity contribution in [3.63, 3.8) is 0 Å². The predicted octanol–water partition coefficient (Wildman–Crippen LogP) is -0.704. The summed E-state index contributed by atoms with van der Waals surface area (Å²) in [5.74, 6) is -0.160. The van der Waals surface area contributed by atoms with Crippen LogP contribution in [0.15, 0.2) is 12.2 Å². The van der Waals surface area contributed by atoms with Gasteiger partial charge in [-0.15, -0.1) is 0 Å². The van der Waals surface area contributed by atoms with Crippen molar-refractivity contribution < 1.29 is 40.1 Å². The zero-order valence-corrected chi connectivity index (χ0v) is 16.4. The van der Waals surface area contributed by atoms with Crippen molar-refractivity contribution in [3.8, 4) is 0 Å². The lowest BCUT2D eigenvalue weighted by Gasteiger charge is -2.50. The summed E-state index contributed by atoms with van der Waals surface area (Å²) in [5, 5.41) is 60.1. The van der Waals surface area contributed by atoms with Gasteiger partial charge < -0.3 is 40.1 Å². The summed E-state index contributed by atoms with van der Waals surface area (Å²) in [6.07, 6.45) is -3.42. The molecule has 0 bridgehead atoms. The van der Waals surface area contributed by atoms with Crippen LogP contribution in [0.25, 0.3) is 0 Å². The molecule has 0 radical (unpaired) electrons. The van der Waals surface area contributed by atoms with Crippen LogP contribution in [-0.2, 0) is 9.47 Å². The monoisotopic (exact) mass is 390 g/mol. The third kappa shape index (κ3) is 4.54. The van der Waals surface area contributed by atoms with E-state index < -0.39 is 60.5 Å². The maximum absolute atomic E-state index is 11.2. The molecule has 2 rings (SSSR count). The number of aliphatic hydroxyl groups is 6. The van der Waals surface area contributed by atoms with Crippen LogP contribution in [0.4, 0.5) is 0 Å². The van der Waals surface area contributed by atoms with Gasteiger partial charge in [0, 0.05) is 0 Å². The van der Waals surface area contributed by atoms with Gasteiger partial charge in [-0.25, -0.2) is 0 Å².